The fraction of sp³-hybridized carbons (Fsp3) is 0.643. The van der Waals surface area contributed by atoms with E-state index in [2.05, 4.69) is 15.2 Å². The van der Waals surface area contributed by atoms with Crippen LogP contribution in [0.4, 0.5) is 0 Å². The number of hydrogen-bond donors (Lipinski definition) is 2. The Bertz CT molecular complexity index is 416. The highest BCUT2D eigenvalue weighted by atomic mass is 16.2. The third-order valence-corrected chi connectivity index (χ3v) is 4.11. The molecule has 2 N–H and O–H groups in total. The van der Waals surface area contributed by atoms with Gasteiger partial charge in [-0.05, 0) is 50.8 Å². The Morgan fingerprint density at radius 3 is 2.89 bits per heavy atom. The van der Waals surface area contributed by atoms with Crippen molar-refractivity contribution in [2.24, 2.45) is 0 Å². The molecule has 2 aliphatic rings. The smallest absolute Gasteiger partial charge is 0.268 e. The van der Waals surface area contributed by atoms with Gasteiger partial charge in [0.25, 0.3) is 5.91 Å². The van der Waals surface area contributed by atoms with Crippen LogP contribution in [0.25, 0.3) is 0 Å². The number of amides is 1. The summed E-state index contributed by atoms with van der Waals surface area (Å²) in [6.07, 6.45) is 7.98. The molecule has 1 aliphatic carbocycles. The van der Waals surface area contributed by atoms with Gasteiger partial charge in [-0.15, -0.1) is 0 Å². The molecule has 1 atom stereocenters. The molecular formula is C14H21N3O. The standard InChI is InChI=1S/C14H21N3O/c18-14(16-11-4-2-8-15-10-11)13-7-3-9-17(13)12-5-1-6-12/h3,7,9,11-12,15H,1-2,4-6,8,10H2,(H,16,18)/t11-/m0/s1. The van der Waals surface area contributed by atoms with Crippen LogP contribution in [0.2, 0.25) is 0 Å². The first-order valence-corrected chi connectivity index (χ1v) is 7.03. The van der Waals surface area contributed by atoms with Gasteiger partial charge in [-0.2, -0.15) is 0 Å². The molecule has 0 unspecified atom stereocenters. The van der Waals surface area contributed by atoms with Gasteiger partial charge in [0.15, 0.2) is 0 Å². The topological polar surface area (TPSA) is 46.1 Å². The Labute approximate surface area is 108 Å². The Morgan fingerprint density at radius 2 is 2.22 bits per heavy atom. The zero-order valence-electron chi connectivity index (χ0n) is 10.7. The highest BCUT2D eigenvalue weighted by Gasteiger charge is 2.24. The maximum absolute atomic E-state index is 12.3. The number of hydrogen-bond acceptors (Lipinski definition) is 2. The number of carbonyl (C=O) groups excluding carboxylic acids is 1. The Morgan fingerprint density at radius 1 is 1.33 bits per heavy atom. The van der Waals surface area contributed by atoms with Gasteiger partial charge < -0.3 is 15.2 Å². The van der Waals surface area contributed by atoms with Crippen molar-refractivity contribution < 1.29 is 4.79 Å². The van der Waals surface area contributed by atoms with Gasteiger partial charge in [0.1, 0.15) is 5.69 Å². The van der Waals surface area contributed by atoms with Gasteiger partial charge in [-0.1, -0.05) is 0 Å². The molecule has 1 aliphatic heterocycles. The first kappa shape index (κ1) is 11.8. The molecule has 3 rings (SSSR count). The number of piperidine rings is 1. The Kier molecular flexibility index (Phi) is 3.37. The fourth-order valence-corrected chi connectivity index (χ4v) is 2.80. The van der Waals surface area contributed by atoms with Crippen molar-refractivity contribution in [1.82, 2.24) is 15.2 Å². The predicted octanol–water partition coefficient (Wildman–Crippen LogP) is 1.69. The molecule has 4 heteroatoms. The largest absolute Gasteiger partial charge is 0.347 e. The lowest BCUT2D eigenvalue weighted by Gasteiger charge is -2.29. The Balaban J connectivity index is 1.66. The molecule has 1 amide bonds. The van der Waals surface area contributed by atoms with Gasteiger partial charge in [0, 0.05) is 24.8 Å². The van der Waals surface area contributed by atoms with Crippen LogP contribution in [0.3, 0.4) is 0 Å². The van der Waals surface area contributed by atoms with E-state index >= 15 is 0 Å². The maximum atomic E-state index is 12.3. The lowest BCUT2D eigenvalue weighted by Crippen LogP contribution is -2.46. The highest BCUT2D eigenvalue weighted by molar-refractivity contribution is 5.93. The molecule has 98 valence electrons. The minimum absolute atomic E-state index is 0.0839. The van der Waals surface area contributed by atoms with E-state index in [0.29, 0.717) is 6.04 Å². The zero-order valence-corrected chi connectivity index (χ0v) is 10.7. The molecule has 0 spiro atoms. The quantitative estimate of drug-likeness (QED) is 0.854. The summed E-state index contributed by atoms with van der Waals surface area (Å²) in [4.78, 5) is 12.3. The van der Waals surface area contributed by atoms with Crippen LogP contribution in [0.1, 0.15) is 48.6 Å². The molecule has 1 aromatic heterocycles. The van der Waals surface area contributed by atoms with Crippen LogP contribution in [0.5, 0.6) is 0 Å². The molecule has 0 radical (unpaired) electrons. The third-order valence-electron chi connectivity index (χ3n) is 4.11. The van der Waals surface area contributed by atoms with E-state index in [4.69, 9.17) is 0 Å². The van der Waals surface area contributed by atoms with E-state index in [9.17, 15) is 4.79 Å². The Hall–Kier alpha value is -1.29. The monoisotopic (exact) mass is 247 g/mol. The first-order valence-electron chi connectivity index (χ1n) is 7.03. The summed E-state index contributed by atoms with van der Waals surface area (Å²) in [5.41, 5.74) is 0.824. The van der Waals surface area contributed by atoms with Gasteiger partial charge in [-0.3, -0.25) is 4.79 Å². The van der Waals surface area contributed by atoms with Crippen LogP contribution in [-0.4, -0.2) is 29.6 Å². The summed E-state index contributed by atoms with van der Waals surface area (Å²) in [7, 11) is 0. The van der Waals surface area contributed by atoms with Crippen LogP contribution in [-0.2, 0) is 0 Å². The van der Waals surface area contributed by atoms with E-state index in [-0.39, 0.29) is 11.9 Å². The SMILES string of the molecule is O=C(N[C@H]1CCCNC1)c1cccn1C1CCC1. The lowest BCUT2D eigenvalue weighted by atomic mass is 9.93. The molecule has 4 nitrogen and oxygen atoms in total. The van der Waals surface area contributed by atoms with E-state index in [0.717, 1.165) is 31.6 Å². The molecule has 1 saturated carbocycles. The number of nitrogens with zero attached hydrogens (tertiary/aromatic N) is 1. The lowest BCUT2D eigenvalue weighted by molar-refractivity contribution is 0.0915. The third kappa shape index (κ3) is 2.29. The van der Waals surface area contributed by atoms with E-state index < -0.39 is 0 Å². The molecule has 2 fully saturated rings. The summed E-state index contributed by atoms with van der Waals surface area (Å²) in [6.45, 7) is 1.97. The summed E-state index contributed by atoms with van der Waals surface area (Å²) >= 11 is 0. The molecule has 2 heterocycles. The van der Waals surface area contributed by atoms with E-state index in [1.54, 1.807) is 0 Å². The summed E-state index contributed by atoms with van der Waals surface area (Å²) in [5.74, 6) is 0.0839. The van der Waals surface area contributed by atoms with Crippen LogP contribution in [0.15, 0.2) is 18.3 Å². The van der Waals surface area contributed by atoms with Gasteiger partial charge in [-0.25, -0.2) is 0 Å². The van der Waals surface area contributed by atoms with Gasteiger partial charge >= 0.3 is 0 Å². The number of aromatic nitrogens is 1. The molecule has 0 bridgehead atoms. The van der Waals surface area contributed by atoms with Crippen molar-refractivity contribution in [3.8, 4) is 0 Å². The van der Waals surface area contributed by atoms with Crippen molar-refractivity contribution in [2.45, 2.75) is 44.2 Å². The molecule has 1 aromatic rings. The van der Waals surface area contributed by atoms with Crippen molar-refractivity contribution in [2.75, 3.05) is 13.1 Å². The summed E-state index contributed by atoms with van der Waals surface area (Å²) < 4.78 is 2.15. The number of rotatable bonds is 3. The number of nitrogens with one attached hydrogen (secondary N) is 2. The second-order valence-corrected chi connectivity index (χ2v) is 5.40. The second kappa shape index (κ2) is 5.14. The molecule has 1 saturated heterocycles. The van der Waals surface area contributed by atoms with Crippen LogP contribution >= 0.6 is 0 Å². The van der Waals surface area contributed by atoms with Crippen LogP contribution in [0, 0.1) is 0 Å². The summed E-state index contributed by atoms with van der Waals surface area (Å²) in [6, 6.07) is 4.75. The summed E-state index contributed by atoms with van der Waals surface area (Å²) in [5, 5.41) is 6.47. The fourth-order valence-electron chi connectivity index (χ4n) is 2.80. The maximum Gasteiger partial charge on any atom is 0.268 e. The predicted molar refractivity (Wildman–Crippen MR) is 70.7 cm³/mol. The average molecular weight is 247 g/mol. The van der Waals surface area contributed by atoms with Crippen LogP contribution < -0.4 is 10.6 Å². The van der Waals surface area contributed by atoms with E-state index in [1.807, 2.05) is 18.3 Å². The minimum Gasteiger partial charge on any atom is -0.347 e. The van der Waals surface area contributed by atoms with Gasteiger partial charge in [0.2, 0.25) is 0 Å². The normalized spacial score (nSPS) is 24.6. The average Bonchev–Trinajstić information content (AvgIpc) is 2.77. The highest BCUT2D eigenvalue weighted by Crippen LogP contribution is 2.32. The minimum atomic E-state index is 0.0839. The zero-order chi connectivity index (χ0) is 12.4. The number of carbonyl (C=O) groups is 1. The van der Waals surface area contributed by atoms with Crippen molar-refractivity contribution in [3.05, 3.63) is 24.0 Å². The first-order chi connectivity index (χ1) is 8.84. The second-order valence-electron chi connectivity index (χ2n) is 5.40. The van der Waals surface area contributed by atoms with E-state index in [1.165, 1.54) is 19.3 Å². The molecule has 0 aromatic carbocycles. The molecule has 18 heavy (non-hydrogen) atoms. The molecular weight excluding hydrogens is 226 g/mol. The van der Waals surface area contributed by atoms with Crippen molar-refractivity contribution >= 4 is 5.91 Å². The van der Waals surface area contributed by atoms with Crippen molar-refractivity contribution in [3.63, 3.8) is 0 Å². The van der Waals surface area contributed by atoms with Gasteiger partial charge in [0.05, 0.1) is 0 Å². The van der Waals surface area contributed by atoms with Crippen molar-refractivity contribution in [1.29, 1.82) is 0 Å².